The van der Waals surface area contributed by atoms with Crippen molar-refractivity contribution < 1.29 is 27.4 Å². The number of carbonyl (C=O) groups is 1. The number of benzene rings is 1. The van der Waals surface area contributed by atoms with Gasteiger partial charge in [0.15, 0.2) is 0 Å². The summed E-state index contributed by atoms with van der Waals surface area (Å²) >= 11 is 0. The molecule has 9 heteroatoms. The third kappa shape index (κ3) is 2.61. The van der Waals surface area contributed by atoms with Gasteiger partial charge in [0.25, 0.3) is 10.0 Å². The van der Waals surface area contributed by atoms with Crippen molar-refractivity contribution in [3.63, 3.8) is 0 Å². The lowest BCUT2D eigenvalue weighted by molar-refractivity contribution is -0.125. The van der Waals surface area contributed by atoms with Crippen LogP contribution in [0.4, 0.5) is 4.79 Å². The summed E-state index contributed by atoms with van der Waals surface area (Å²) in [5.41, 5.74) is -1.48. The highest BCUT2D eigenvalue weighted by molar-refractivity contribution is 7.90. The molecular formula is C17H22N2O6S. The maximum absolute atomic E-state index is 12.2. The molecule has 0 aliphatic carbocycles. The number of sulfonamides is 1. The molecule has 3 aliphatic rings. The Morgan fingerprint density at radius 1 is 1.15 bits per heavy atom. The van der Waals surface area contributed by atoms with Crippen molar-refractivity contribution in [3.8, 4) is 0 Å². The first-order valence-corrected chi connectivity index (χ1v) is 10.0. The van der Waals surface area contributed by atoms with Crippen LogP contribution in [-0.4, -0.2) is 56.2 Å². The van der Waals surface area contributed by atoms with Gasteiger partial charge in [-0.15, -0.1) is 0 Å². The molecule has 3 heterocycles. The Morgan fingerprint density at radius 3 is 2.31 bits per heavy atom. The van der Waals surface area contributed by atoms with Gasteiger partial charge in [-0.25, -0.2) is 22.8 Å². The lowest BCUT2D eigenvalue weighted by Gasteiger charge is -2.37. The summed E-state index contributed by atoms with van der Waals surface area (Å²) < 4.78 is 43.6. The number of hydrogen-bond acceptors (Lipinski definition) is 7. The van der Waals surface area contributed by atoms with Crippen LogP contribution in [0.2, 0.25) is 0 Å². The second kappa shape index (κ2) is 5.66. The number of ether oxygens (including phenoxy) is 3. The largest absolute Gasteiger partial charge is 0.447 e. The van der Waals surface area contributed by atoms with Gasteiger partial charge in [-0.2, -0.15) is 0 Å². The van der Waals surface area contributed by atoms with Crippen LogP contribution in [0.15, 0.2) is 35.2 Å². The number of amides is 1. The third-order valence-electron chi connectivity index (χ3n) is 5.52. The number of hydrogen-bond donors (Lipinski definition) is 1. The first kappa shape index (κ1) is 17.7. The van der Waals surface area contributed by atoms with Crippen molar-refractivity contribution in [2.45, 2.75) is 48.6 Å². The van der Waals surface area contributed by atoms with Crippen molar-refractivity contribution in [3.05, 3.63) is 30.3 Å². The van der Waals surface area contributed by atoms with E-state index in [2.05, 4.69) is 4.90 Å². The molecule has 3 fully saturated rings. The van der Waals surface area contributed by atoms with E-state index in [1.807, 2.05) is 18.6 Å². The zero-order valence-electron chi connectivity index (χ0n) is 14.7. The lowest BCUT2D eigenvalue weighted by Crippen LogP contribution is -2.56. The van der Waals surface area contributed by atoms with Gasteiger partial charge in [-0.05, 0) is 38.8 Å². The Hall–Kier alpha value is -1.68. The van der Waals surface area contributed by atoms with Crippen LogP contribution in [0.5, 0.6) is 0 Å². The third-order valence-corrected chi connectivity index (χ3v) is 6.85. The van der Waals surface area contributed by atoms with Crippen LogP contribution in [0.1, 0.15) is 26.7 Å². The second-order valence-corrected chi connectivity index (χ2v) is 9.16. The minimum atomic E-state index is -3.96. The van der Waals surface area contributed by atoms with Gasteiger partial charge in [0.1, 0.15) is 23.6 Å². The van der Waals surface area contributed by atoms with E-state index in [9.17, 15) is 13.2 Å². The van der Waals surface area contributed by atoms with Gasteiger partial charge in [-0.3, -0.25) is 0 Å². The van der Waals surface area contributed by atoms with E-state index in [1.165, 1.54) is 12.1 Å². The lowest BCUT2D eigenvalue weighted by atomic mass is 10.0. The summed E-state index contributed by atoms with van der Waals surface area (Å²) in [6, 6.07) is 7.68. The number of nitrogens with one attached hydrogen (secondary N) is 1. The minimum Gasteiger partial charge on any atom is -0.447 e. The van der Waals surface area contributed by atoms with E-state index >= 15 is 0 Å². The molecule has 3 aliphatic heterocycles. The summed E-state index contributed by atoms with van der Waals surface area (Å²) in [4.78, 5) is 14.2. The first-order chi connectivity index (χ1) is 12.2. The Bertz CT molecular complexity index is 807. The Kier molecular flexibility index (Phi) is 3.85. The Morgan fingerprint density at radius 2 is 1.73 bits per heavy atom. The van der Waals surface area contributed by atoms with E-state index in [0.29, 0.717) is 13.2 Å². The maximum atomic E-state index is 12.2. The smallest absolute Gasteiger partial charge is 0.421 e. The molecule has 1 aromatic carbocycles. The van der Waals surface area contributed by atoms with Crippen molar-refractivity contribution in [1.82, 2.24) is 9.62 Å². The average molecular weight is 382 g/mol. The monoisotopic (exact) mass is 382 g/mol. The summed E-state index contributed by atoms with van der Waals surface area (Å²) in [6.45, 7) is 4.76. The number of rotatable bonds is 4. The Labute approximate surface area is 152 Å². The maximum Gasteiger partial charge on any atom is 0.421 e. The molecule has 1 amide bonds. The summed E-state index contributed by atoms with van der Waals surface area (Å²) in [5.74, 6) is 0. The van der Waals surface area contributed by atoms with Gasteiger partial charge in [0, 0.05) is 0 Å². The highest BCUT2D eigenvalue weighted by Crippen LogP contribution is 2.55. The fraction of sp³-hybridized carbons (Fsp3) is 0.588. The van der Waals surface area contributed by atoms with Gasteiger partial charge < -0.3 is 14.2 Å². The van der Waals surface area contributed by atoms with Gasteiger partial charge in [0.2, 0.25) is 0 Å². The van der Waals surface area contributed by atoms with Crippen LogP contribution >= 0.6 is 0 Å². The molecule has 0 spiro atoms. The van der Waals surface area contributed by atoms with Crippen molar-refractivity contribution in [2.24, 2.45) is 0 Å². The normalized spacial score (nSPS) is 36.1. The number of carbonyl (C=O) groups excluding carboxylic acids is 1. The molecule has 1 N–H and O–H groups in total. The molecule has 8 nitrogen and oxygen atoms in total. The molecule has 2 atom stereocenters. The summed E-state index contributed by atoms with van der Waals surface area (Å²) in [6.07, 6.45) is 0.657. The SMILES string of the molecule is C[C@@]12CC[C@]3(C)OCC(COC(=O)NS(=O)(=O)c4ccccc4)(CO1)N23. The zero-order valence-corrected chi connectivity index (χ0v) is 15.5. The molecule has 0 saturated carbocycles. The van der Waals surface area contributed by atoms with E-state index in [1.54, 1.807) is 18.2 Å². The van der Waals surface area contributed by atoms with E-state index in [0.717, 1.165) is 12.8 Å². The zero-order chi connectivity index (χ0) is 18.6. The van der Waals surface area contributed by atoms with Crippen LogP contribution in [0.25, 0.3) is 0 Å². The first-order valence-electron chi connectivity index (χ1n) is 8.52. The van der Waals surface area contributed by atoms with E-state index in [4.69, 9.17) is 14.2 Å². The van der Waals surface area contributed by atoms with Crippen LogP contribution in [0, 0.1) is 0 Å². The predicted molar refractivity (Wildman–Crippen MR) is 90.6 cm³/mol. The van der Waals surface area contributed by atoms with Crippen molar-refractivity contribution >= 4 is 16.1 Å². The van der Waals surface area contributed by atoms with E-state index < -0.39 is 33.1 Å². The molecule has 0 bridgehead atoms. The predicted octanol–water partition coefficient (Wildman–Crippen LogP) is 1.43. The fourth-order valence-electron chi connectivity index (χ4n) is 4.36. The molecule has 1 aromatic rings. The van der Waals surface area contributed by atoms with Crippen molar-refractivity contribution in [1.29, 1.82) is 0 Å². The summed E-state index contributed by atoms with van der Waals surface area (Å²) in [7, 11) is -3.96. The molecule has 0 radical (unpaired) electrons. The average Bonchev–Trinajstić information content (AvgIpc) is 3.18. The van der Waals surface area contributed by atoms with Crippen LogP contribution in [-0.2, 0) is 24.2 Å². The molecule has 0 aromatic heterocycles. The van der Waals surface area contributed by atoms with Gasteiger partial charge in [0.05, 0.1) is 18.1 Å². The topological polar surface area (TPSA) is 94.2 Å². The molecule has 4 rings (SSSR count). The minimum absolute atomic E-state index is 0.00297. The van der Waals surface area contributed by atoms with Crippen LogP contribution in [0.3, 0.4) is 0 Å². The molecule has 26 heavy (non-hydrogen) atoms. The molecule has 142 valence electrons. The summed E-state index contributed by atoms with van der Waals surface area (Å²) in [5, 5.41) is 0. The van der Waals surface area contributed by atoms with Gasteiger partial charge in [-0.1, -0.05) is 18.2 Å². The fourth-order valence-corrected chi connectivity index (χ4v) is 5.27. The highest BCUT2D eigenvalue weighted by Gasteiger charge is 2.69. The highest BCUT2D eigenvalue weighted by atomic mass is 32.2. The van der Waals surface area contributed by atoms with Gasteiger partial charge >= 0.3 is 6.09 Å². The molecule has 3 saturated heterocycles. The Balaban J connectivity index is 1.44. The molecule has 0 unspecified atom stereocenters. The quantitative estimate of drug-likeness (QED) is 0.842. The number of nitrogens with zero attached hydrogens (tertiary/aromatic N) is 1. The van der Waals surface area contributed by atoms with Crippen LogP contribution < -0.4 is 4.72 Å². The standard InChI is InChI=1S/C17H22N2O6S/c1-15-8-9-16(2)19(15)17(11-24-15,12-25-16)10-23-14(20)18-26(21,22)13-6-4-3-5-7-13/h3-7H,8-12H2,1-2H3,(H,18,20)/t15-,16-/m0/s1. The van der Waals surface area contributed by atoms with Crippen molar-refractivity contribution in [2.75, 3.05) is 19.8 Å². The van der Waals surface area contributed by atoms with E-state index in [-0.39, 0.29) is 11.5 Å². The second-order valence-electron chi connectivity index (χ2n) is 7.48. The molecular weight excluding hydrogens is 360 g/mol.